The van der Waals surface area contributed by atoms with Gasteiger partial charge in [0.05, 0.1) is 6.04 Å². The summed E-state index contributed by atoms with van der Waals surface area (Å²) in [6.07, 6.45) is 5.83. The third-order valence-corrected chi connectivity index (χ3v) is 6.13. The van der Waals surface area contributed by atoms with Gasteiger partial charge in [-0.2, -0.15) is 0 Å². The summed E-state index contributed by atoms with van der Waals surface area (Å²) in [6.45, 7) is 7.47. The van der Waals surface area contributed by atoms with Gasteiger partial charge in [0.2, 0.25) is 5.91 Å². The summed E-state index contributed by atoms with van der Waals surface area (Å²) in [5.41, 5.74) is 0.406. The van der Waals surface area contributed by atoms with Crippen molar-refractivity contribution in [2.75, 3.05) is 6.54 Å². The number of hydrogen-bond acceptors (Lipinski definition) is 3. The van der Waals surface area contributed by atoms with Gasteiger partial charge in [0.25, 0.3) is 0 Å². The van der Waals surface area contributed by atoms with Crippen LogP contribution >= 0.6 is 11.3 Å². The second-order valence-corrected chi connectivity index (χ2v) is 8.00. The molecule has 1 saturated carbocycles. The summed E-state index contributed by atoms with van der Waals surface area (Å²) in [7, 11) is 0. The highest BCUT2D eigenvalue weighted by atomic mass is 32.1. The van der Waals surface area contributed by atoms with Crippen LogP contribution in [0.1, 0.15) is 61.9 Å². The third kappa shape index (κ3) is 2.88. The second-order valence-electron chi connectivity index (χ2n) is 6.68. The molecule has 1 amide bonds. The van der Waals surface area contributed by atoms with E-state index >= 15 is 0 Å². The molecule has 2 aliphatic rings. The highest BCUT2D eigenvalue weighted by Crippen LogP contribution is 2.50. The molecule has 2 heterocycles. The molecule has 1 aliphatic heterocycles. The van der Waals surface area contributed by atoms with Gasteiger partial charge in [0.1, 0.15) is 6.17 Å². The maximum atomic E-state index is 12.8. The average Bonchev–Trinajstić information content (AvgIpc) is 3.03. The lowest BCUT2D eigenvalue weighted by molar-refractivity contribution is -0.131. The summed E-state index contributed by atoms with van der Waals surface area (Å²) in [6, 6.07) is 4.34. The number of hydrogen-bond donors (Lipinski definition) is 1. The number of amides is 1. The first-order valence-corrected chi connectivity index (χ1v) is 9.03. The van der Waals surface area contributed by atoms with E-state index in [0.717, 1.165) is 19.4 Å². The monoisotopic (exact) mass is 306 g/mol. The van der Waals surface area contributed by atoms with E-state index in [4.69, 9.17) is 0 Å². The summed E-state index contributed by atoms with van der Waals surface area (Å²) in [5, 5.41) is 3.58. The van der Waals surface area contributed by atoms with Crippen molar-refractivity contribution < 1.29 is 4.79 Å². The lowest BCUT2D eigenvalue weighted by Gasteiger charge is -2.27. The Kier molecular flexibility index (Phi) is 4.10. The number of nitrogens with one attached hydrogen (secondary N) is 1. The summed E-state index contributed by atoms with van der Waals surface area (Å²) in [5.74, 6) is 0.313. The fourth-order valence-electron chi connectivity index (χ4n) is 3.34. The van der Waals surface area contributed by atoms with Crippen molar-refractivity contribution in [2.24, 2.45) is 5.41 Å². The van der Waals surface area contributed by atoms with Gasteiger partial charge in [-0.3, -0.25) is 10.1 Å². The van der Waals surface area contributed by atoms with Crippen molar-refractivity contribution in [3.05, 3.63) is 21.9 Å². The molecule has 2 unspecified atom stereocenters. The van der Waals surface area contributed by atoms with Crippen LogP contribution in [0.15, 0.2) is 12.1 Å². The molecule has 1 aromatic heterocycles. The van der Waals surface area contributed by atoms with Crippen LogP contribution < -0.4 is 5.32 Å². The predicted octanol–water partition coefficient (Wildman–Crippen LogP) is 3.85. The summed E-state index contributed by atoms with van der Waals surface area (Å²) >= 11 is 1.81. The zero-order valence-electron chi connectivity index (χ0n) is 13.3. The van der Waals surface area contributed by atoms with Crippen molar-refractivity contribution in [1.82, 2.24) is 10.2 Å². The molecular weight excluding hydrogens is 280 g/mol. The van der Waals surface area contributed by atoms with E-state index in [1.165, 1.54) is 29.0 Å². The Labute approximate surface area is 131 Å². The van der Waals surface area contributed by atoms with E-state index in [1.807, 2.05) is 11.3 Å². The standard InChI is InChI=1S/C17H26N2OS/c1-4-6-13-16(20)19(11-17(5-2)9-10-17)15(18-13)14-8-7-12(3)21-14/h7-8,13,15,18H,4-6,9-11H2,1-3H3. The van der Waals surface area contributed by atoms with Gasteiger partial charge in [-0.1, -0.05) is 20.3 Å². The largest absolute Gasteiger partial charge is 0.320 e. The molecule has 1 N–H and O–H groups in total. The Morgan fingerprint density at radius 2 is 2.14 bits per heavy atom. The van der Waals surface area contributed by atoms with Gasteiger partial charge >= 0.3 is 0 Å². The molecule has 3 rings (SSSR count). The van der Waals surface area contributed by atoms with Crippen LogP contribution in [-0.4, -0.2) is 23.4 Å². The maximum absolute atomic E-state index is 12.8. The van der Waals surface area contributed by atoms with Crippen molar-refractivity contribution in [2.45, 2.75) is 65.1 Å². The fraction of sp³-hybridized carbons (Fsp3) is 0.706. The molecule has 0 spiro atoms. The minimum Gasteiger partial charge on any atom is -0.320 e. The van der Waals surface area contributed by atoms with Crippen molar-refractivity contribution >= 4 is 17.2 Å². The lowest BCUT2D eigenvalue weighted by Crippen LogP contribution is -2.35. The van der Waals surface area contributed by atoms with Gasteiger partial charge in [-0.25, -0.2) is 0 Å². The predicted molar refractivity (Wildman–Crippen MR) is 87.3 cm³/mol. The molecule has 21 heavy (non-hydrogen) atoms. The molecular formula is C17H26N2OS. The van der Waals surface area contributed by atoms with Crippen LogP contribution in [0.2, 0.25) is 0 Å². The van der Waals surface area contributed by atoms with Crippen LogP contribution in [-0.2, 0) is 4.79 Å². The van der Waals surface area contributed by atoms with E-state index in [9.17, 15) is 4.79 Å². The molecule has 3 nitrogen and oxygen atoms in total. The molecule has 1 saturated heterocycles. The first kappa shape index (κ1) is 15.0. The lowest BCUT2D eigenvalue weighted by atomic mass is 10.0. The van der Waals surface area contributed by atoms with Crippen LogP contribution in [0.25, 0.3) is 0 Å². The van der Waals surface area contributed by atoms with E-state index in [-0.39, 0.29) is 12.2 Å². The van der Waals surface area contributed by atoms with Crippen LogP contribution in [0.5, 0.6) is 0 Å². The van der Waals surface area contributed by atoms with E-state index in [0.29, 0.717) is 11.3 Å². The smallest absolute Gasteiger partial charge is 0.241 e. The van der Waals surface area contributed by atoms with E-state index in [2.05, 4.69) is 43.1 Å². The molecule has 1 aromatic rings. The Bertz CT molecular complexity index is 521. The zero-order valence-corrected chi connectivity index (χ0v) is 14.1. The highest BCUT2D eigenvalue weighted by Gasteiger charge is 2.48. The first-order valence-electron chi connectivity index (χ1n) is 8.21. The zero-order chi connectivity index (χ0) is 15.0. The van der Waals surface area contributed by atoms with Crippen LogP contribution in [0, 0.1) is 12.3 Å². The Hall–Kier alpha value is -0.870. The van der Waals surface area contributed by atoms with E-state index < -0.39 is 0 Å². The van der Waals surface area contributed by atoms with Gasteiger partial charge in [-0.05, 0) is 50.2 Å². The van der Waals surface area contributed by atoms with Crippen molar-refractivity contribution in [1.29, 1.82) is 0 Å². The Morgan fingerprint density at radius 1 is 1.38 bits per heavy atom. The molecule has 0 radical (unpaired) electrons. The Morgan fingerprint density at radius 3 is 2.67 bits per heavy atom. The minimum absolute atomic E-state index is 0.00932. The fourth-order valence-corrected chi connectivity index (χ4v) is 4.29. The topological polar surface area (TPSA) is 32.3 Å². The van der Waals surface area contributed by atoms with Crippen molar-refractivity contribution in [3.63, 3.8) is 0 Å². The molecule has 2 fully saturated rings. The molecule has 2 atom stereocenters. The molecule has 1 aliphatic carbocycles. The number of rotatable bonds is 6. The Balaban J connectivity index is 1.82. The first-order chi connectivity index (χ1) is 10.1. The minimum atomic E-state index is 0.00932. The number of nitrogens with zero attached hydrogens (tertiary/aromatic N) is 1. The average molecular weight is 306 g/mol. The summed E-state index contributed by atoms with van der Waals surface area (Å²) in [4.78, 5) is 17.5. The molecule has 116 valence electrons. The maximum Gasteiger partial charge on any atom is 0.241 e. The molecule has 0 bridgehead atoms. The van der Waals surface area contributed by atoms with Crippen LogP contribution in [0.4, 0.5) is 0 Å². The third-order valence-electron chi connectivity index (χ3n) is 5.07. The highest BCUT2D eigenvalue weighted by molar-refractivity contribution is 7.12. The van der Waals surface area contributed by atoms with Gasteiger partial charge in [0, 0.05) is 16.3 Å². The number of carbonyl (C=O) groups is 1. The quantitative estimate of drug-likeness (QED) is 0.866. The van der Waals surface area contributed by atoms with Crippen molar-refractivity contribution in [3.8, 4) is 0 Å². The molecule has 0 aromatic carbocycles. The second kappa shape index (κ2) is 5.73. The number of thiophene rings is 1. The SMILES string of the molecule is CCCC1NC(c2ccc(C)s2)N(CC2(CC)CC2)C1=O. The van der Waals surface area contributed by atoms with Gasteiger partial charge in [0.15, 0.2) is 0 Å². The summed E-state index contributed by atoms with van der Waals surface area (Å²) < 4.78 is 0. The number of carbonyl (C=O) groups excluding carboxylic acids is 1. The normalized spacial score (nSPS) is 27.4. The molecule has 4 heteroatoms. The number of aryl methyl sites for hydroxylation is 1. The van der Waals surface area contributed by atoms with Gasteiger partial charge < -0.3 is 4.90 Å². The van der Waals surface area contributed by atoms with Crippen LogP contribution in [0.3, 0.4) is 0 Å². The van der Waals surface area contributed by atoms with E-state index in [1.54, 1.807) is 0 Å². The van der Waals surface area contributed by atoms with Gasteiger partial charge in [-0.15, -0.1) is 11.3 Å².